The van der Waals surface area contributed by atoms with Crippen LogP contribution < -0.4 is 5.32 Å². The van der Waals surface area contributed by atoms with Crippen LogP contribution in [0.25, 0.3) is 0 Å². The monoisotopic (exact) mass is 313 g/mol. The molecule has 1 aromatic heterocycles. The number of hydrogen-bond acceptors (Lipinski definition) is 2. The van der Waals surface area contributed by atoms with E-state index in [0.717, 1.165) is 6.54 Å². The Kier molecular flexibility index (Phi) is 5.26. The Morgan fingerprint density at radius 3 is 3.00 bits per heavy atom. The highest BCUT2D eigenvalue weighted by Crippen LogP contribution is 2.25. The third-order valence-corrected chi connectivity index (χ3v) is 5.17. The van der Waals surface area contributed by atoms with E-state index in [1.54, 1.807) is 5.57 Å². The third kappa shape index (κ3) is 4.23. The summed E-state index contributed by atoms with van der Waals surface area (Å²) < 4.78 is 1.20. The second kappa shape index (κ2) is 6.72. The molecule has 1 aromatic rings. The van der Waals surface area contributed by atoms with Gasteiger partial charge >= 0.3 is 0 Å². The van der Waals surface area contributed by atoms with Crippen molar-refractivity contribution in [3.05, 3.63) is 32.4 Å². The average Bonchev–Trinajstić information content (AvgIpc) is 2.77. The zero-order chi connectivity index (χ0) is 12.1. The molecule has 1 aliphatic carbocycles. The summed E-state index contributed by atoms with van der Waals surface area (Å²) in [7, 11) is 0. The molecule has 94 valence electrons. The fourth-order valence-corrected chi connectivity index (χ4v) is 3.71. The van der Waals surface area contributed by atoms with Gasteiger partial charge in [0.05, 0.1) is 0 Å². The van der Waals surface area contributed by atoms with Gasteiger partial charge in [0.1, 0.15) is 0 Å². The second-order valence-corrected chi connectivity index (χ2v) is 6.56. The SMILES string of the molecule is CC(NCCC1=CCCCC1)c1cc(Br)cs1. The molecule has 0 amide bonds. The van der Waals surface area contributed by atoms with Gasteiger partial charge in [-0.25, -0.2) is 0 Å². The minimum Gasteiger partial charge on any atom is -0.309 e. The largest absolute Gasteiger partial charge is 0.309 e. The van der Waals surface area contributed by atoms with E-state index in [0.29, 0.717) is 6.04 Å². The van der Waals surface area contributed by atoms with Gasteiger partial charge in [0, 0.05) is 20.8 Å². The molecule has 0 spiro atoms. The molecule has 2 rings (SSSR count). The van der Waals surface area contributed by atoms with E-state index >= 15 is 0 Å². The number of nitrogens with one attached hydrogen (secondary N) is 1. The highest BCUT2D eigenvalue weighted by Gasteiger charge is 2.08. The topological polar surface area (TPSA) is 12.0 Å². The van der Waals surface area contributed by atoms with Crippen molar-refractivity contribution in [1.29, 1.82) is 0 Å². The van der Waals surface area contributed by atoms with Gasteiger partial charge in [-0.15, -0.1) is 11.3 Å². The lowest BCUT2D eigenvalue weighted by molar-refractivity contribution is 0.569. The van der Waals surface area contributed by atoms with Crippen LogP contribution in [-0.4, -0.2) is 6.54 Å². The summed E-state index contributed by atoms with van der Waals surface area (Å²) >= 11 is 5.32. The first-order valence-corrected chi connectivity index (χ1v) is 8.08. The smallest absolute Gasteiger partial charge is 0.0386 e. The Morgan fingerprint density at radius 1 is 1.47 bits per heavy atom. The molecule has 0 saturated carbocycles. The molecule has 0 bridgehead atoms. The zero-order valence-electron chi connectivity index (χ0n) is 10.3. The van der Waals surface area contributed by atoms with Gasteiger partial charge in [-0.05, 0) is 67.6 Å². The summed E-state index contributed by atoms with van der Waals surface area (Å²) in [6, 6.07) is 2.68. The van der Waals surface area contributed by atoms with Crippen LogP contribution in [0.3, 0.4) is 0 Å². The standard InChI is InChI=1S/C14H20BrNS/c1-11(14-9-13(15)10-17-14)16-8-7-12-5-3-2-4-6-12/h5,9-11,16H,2-4,6-8H2,1H3. The molecule has 1 N–H and O–H groups in total. The molecular formula is C14H20BrNS. The van der Waals surface area contributed by atoms with Gasteiger partial charge in [0.25, 0.3) is 0 Å². The van der Waals surface area contributed by atoms with E-state index in [1.807, 2.05) is 11.3 Å². The Hall–Kier alpha value is -0.120. The number of allylic oxidation sites excluding steroid dienone is 1. The number of halogens is 1. The van der Waals surface area contributed by atoms with Crippen LogP contribution in [-0.2, 0) is 0 Å². The molecule has 0 saturated heterocycles. The maximum absolute atomic E-state index is 3.61. The van der Waals surface area contributed by atoms with Crippen molar-refractivity contribution in [1.82, 2.24) is 5.32 Å². The van der Waals surface area contributed by atoms with Gasteiger partial charge in [-0.2, -0.15) is 0 Å². The highest BCUT2D eigenvalue weighted by molar-refractivity contribution is 9.10. The Balaban J connectivity index is 1.73. The Labute approximate surface area is 116 Å². The molecule has 0 aliphatic heterocycles. The van der Waals surface area contributed by atoms with Crippen LogP contribution in [0.5, 0.6) is 0 Å². The van der Waals surface area contributed by atoms with Crippen LogP contribution in [0.1, 0.15) is 49.9 Å². The van der Waals surface area contributed by atoms with E-state index in [-0.39, 0.29) is 0 Å². The maximum Gasteiger partial charge on any atom is 0.0386 e. The third-order valence-electron chi connectivity index (χ3n) is 3.30. The molecule has 1 unspecified atom stereocenters. The van der Waals surface area contributed by atoms with Crippen molar-refractivity contribution in [2.24, 2.45) is 0 Å². The van der Waals surface area contributed by atoms with Gasteiger partial charge in [0.2, 0.25) is 0 Å². The van der Waals surface area contributed by atoms with Gasteiger partial charge in [-0.3, -0.25) is 0 Å². The van der Waals surface area contributed by atoms with Gasteiger partial charge < -0.3 is 5.32 Å². The Bertz CT molecular complexity index is 383. The number of thiophene rings is 1. The van der Waals surface area contributed by atoms with Crippen molar-refractivity contribution < 1.29 is 0 Å². The van der Waals surface area contributed by atoms with Crippen molar-refractivity contribution in [2.45, 2.75) is 45.1 Å². The summed E-state index contributed by atoms with van der Waals surface area (Å²) in [5.74, 6) is 0. The van der Waals surface area contributed by atoms with Gasteiger partial charge in [0.15, 0.2) is 0 Å². The molecule has 1 nitrogen and oxygen atoms in total. The first-order chi connectivity index (χ1) is 8.25. The lowest BCUT2D eigenvalue weighted by Crippen LogP contribution is -2.19. The first-order valence-electron chi connectivity index (χ1n) is 6.41. The van der Waals surface area contributed by atoms with Crippen molar-refractivity contribution in [2.75, 3.05) is 6.54 Å². The summed E-state index contributed by atoms with van der Waals surface area (Å²) in [6.07, 6.45) is 9.05. The van der Waals surface area contributed by atoms with Crippen LogP contribution in [0.2, 0.25) is 0 Å². The predicted octanol–water partition coefficient (Wildman–Crippen LogP) is 5.05. The lowest BCUT2D eigenvalue weighted by atomic mass is 9.97. The molecule has 17 heavy (non-hydrogen) atoms. The predicted molar refractivity (Wildman–Crippen MR) is 79.6 cm³/mol. The molecule has 0 fully saturated rings. The van der Waals surface area contributed by atoms with Crippen molar-refractivity contribution in [3.8, 4) is 0 Å². The van der Waals surface area contributed by atoms with E-state index in [1.165, 1.54) is 41.5 Å². The molecule has 1 heterocycles. The minimum absolute atomic E-state index is 0.468. The number of hydrogen-bond donors (Lipinski definition) is 1. The Morgan fingerprint density at radius 2 is 2.35 bits per heavy atom. The van der Waals surface area contributed by atoms with E-state index in [4.69, 9.17) is 0 Å². The van der Waals surface area contributed by atoms with Gasteiger partial charge in [-0.1, -0.05) is 11.6 Å². The van der Waals surface area contributed by atoms with Crippen LogP contribution >= 0.6 is 27.3 Å². The summed E-state index contributed by atoms with van der Waals surface area (Å²) in [6.45, 7) is 3.34. The molecule has 3 heteroatoms. The van der Waals surface area contributed by atoms with E-state index < -0.39 is 0 Å². The zero-order valence-corrected chi connectivity index (χ0v) is 12.7. The lowest BCUT2D eigenvalue weighted by Gasteiger charge is -2.15. The summed E-state index contributed by atoms with van der Waals surface area (Å²) in [4.78, 5) is 1.41. The molecular weight excluding hydrogens is 294 g/mol. The fraction of sp³-hybridized carbons (Fsp3) is 0.571. The highest BCUT2D eigenvalue weighted by atomic mass is 79.9. The first kappa shape index (κ1) is 13.3. The second-order valence-electron chi connectivity index (χ2n) is 4.70. The van der Waals surface area contributed by atoms with Crippen molar-refractivity contribution in [3.63, 3.8) is 0 Å². The van der Waals surface area contributed by atoms with Crippen LogP contribution in [0.15, 0.2) is 27.6 Å². The normalized spacial score (nSPS) is 17.9. The van der Waals surface area contributed by atoms with Crippen molar-refractivity contribution >= 4 is 27.3 Å². The quantitative estimate of drug-likeness (QED) is 0.750. The van der Waals surface area contributed by atoms with E-state index in [9.17, 15) is 0 Å². The molecule has 0 radical (unpaired) electrons. The minimum atomic E-state index is 0.468. The average molecular weight is 314 g/mol. The van der Waals surface area contributed by atoms with E-state index in [2.05, 4.69) is 45.7 Å². The molecule has 1 atom stereocenters. The van der Waals surface area contributed by atoms with Crippen LogP contribution in [0, 0.1) is 0 Å². The van der Waals surface area contributed by atoms with Crippen LogP contribution in [0.4, 0.5) is 0 Å². The summed E-state index contributed by atoms with van der Waals surface area (Å²) in [5, 5.41) is 5.76. The molecule has 1 aliphatic rings. The maximum atomic E-state index is 3.61. The molecule has 0 aromatic carbocycles. The number of rotatable bonds is 5. The fourth-order valence-electron chi connectivity index (χ4n) is 2.24. The summed E-state index contributed by atoms with van der Waals surface area (Å²) in [5.41, 5.74) is 1.66.